The fourth-order valence-electron chi connectivity index (χ4n) is 2.76. The summed E-state index contributed by atoms with van der Waals surface area (Å²) in [5.41, 5.74) is 3.07. The number of rotatable bonds is 5. The lowest BCUT2D eigenvalue weighted by atomic mass is 10.1. The highest BCUT2D eigenvalue weighted by Gasteiger charge is 2.20. The lowest BCUT2D eigenvalue weighted by Gasteiger charge is -2.27. The van der Waals surface area contributed by atoms with Crippen LogP contribution in [0, 0.1) is 0 Å². The molecule has 6 nitrogen and oxygen atoms in total. The number of benzene rings is 2. The van der Waals surface area contributed by atoms with Gasteiger partial charge in [-0.25, -0.2) is 0 Å². The molecule has 0 bridgehead atoms. The van der Waals surface area contributed by atoms with Gasteiger partial charge >= 0.3 is 0 Å². The molecule has 130 valence electrons. The first-order valence-electron chi connectivity index (χ1n) is 8.22. The SMILES string of the molecule is CCOc1ccc(CNC(=O)c2ccc3c(c2)NC(=O)CN3C)cc1. The van der Waals surface area contributed by atoms with E-state index in [9.17, 15) is 9.59 Å². The van der Waals surface area contributed by atoms with Crippen LogP contribution in [0.2, 0.25) is 0 Å². The van der Waals surface area contributed by atoms with Crippen molar-refractivity contribution in [2.75, 3.05) is 30.4 Å². The highest BCUT2D eigenvalue weighted by atomic mass is 16.5. The molecule has 0 unspecified atom stereocenters. The van der Waals surface area contributed by atoms with Gasteiger partial charge in [-0.2, -0.15) is 0 Å². The van der Waals surface area contributed by atoms with Crippen LogP contribution in [0.3, 0.4) is 0 Å². The summed E-state index contributed by atoms with van der Waals surface area (Å²) in [5, 5.41) is 5.69. The number of nitrogens with one attached hydrogen (secondary N) is 2. The Morgan fingerprint density at radius 3 is 2.72 bits per heavy atom. The van der Waals surface area contributed by atoms with E-state index < -0.39 is 0 Å². The molecular formula is C19H21N3O3. The zero-order valence-corrected chi connectivity index (χ0v) is 14.3. The molecule has 25 heavy (non-hydrogen) atoms. The molecule has 6 heteroatoms. The number of hydrogen-bond donors (Lipinski definition) is 2. The van der Waals surface area contributed by atoms with Crippen LogP contribution in [0.5, 0.6) is 5.75 Å². The van der Waals surface area contributed by atoms with Crippen molar-refractivity contribution in [3.63, 3.8) is 0 Å². The van der Waals surface area contributed by atoms with Gasteiger partial charge in [0.05, 0.1) is 24.5 Å². The molecule has 3 rings (SSSR count). The van der Waals surface area contributed by atoms with Crippen molar-refractivity contribution in [2.24, 2.45) is 0 Å². The van der Waals surface area contributed by atoms with Crippen LogP contribution in [0.4, 0.5) is 11.4 Å². The molecule has 0 fully saturated rings. The van der Waals surface area contributed by atoms with E-state index in [-0.39, 0.29) is 11.8 Å². The summed E-state index contributed by atoms with van der Waals surface area (Å²) < 4.78 is 5.40. The number of carbonyl (C=O) groups is 2. The summed E-state index contributed by atoms with van der Waals surface area (Å²) in [6.07, 6.45) is 0. The molecule has 2 aromatic rings. The van der Waals surface area contributed by atoms with Crippen molar-refractivity contribution >= 4 is 23.2 Å². The van der Waals surface area contributed by atoms with E-state index in [1.54, 1.807) is 12.1 Å². The summed E-state index contributed by atoms with van der Waals surface area (Å²) in [5.74, 6) is 0.549. The molecule has 0 aromatic heterocycles. The van der Waals surface area contributed by atoms with Gasteiger partial charge in [-0.05, 0) is 42.8 Å². The fourth-order valence-corrected chi connectivity index (χ4v) is 2.76. The van der Waals surface area contributed by atoms with E-state index in [0.29, 0.717) is 30.9 Å². The number of anilines is 2. The normalized spacial score (nSPS) is 13.0. The van der Waals surface area contributed by atoms with E-state index in [0.717, 1.165) is 17.0 Å². The molecule has 0 spiro atoms. The van der Waals surface area contributed by atoms with E-state index >= 15 is 0 Å². The smallest absolute Gasteiger partial charge is 0.251 e. The summed E-state index contributed by atoms with van der Waals surface area (Å²) in [4.78, 5) is 25.9. The molecule has 0 saturated heterocycles. The number of hydrogen-bond acceptors (Lipinski definition) is 4. The first-order chi connectivity index (χ1) is 12.1. The molecule has 0 radical (unpaired) electrons. The molecule has 2 N–H and O–H groups in total. The Hall–Kier alpha value is -3.02. The van der Waals surface area contributed by atoms with E-state index in [1.807, 2.05) is 49.2 Å². The molecule has 2 amide bonds. The van der Waals surface area contributed by atoms with Gasteiger partial charge in [0.15, 0.2) is 0 Å². The average Bonchev–Trinajstić information content (AvgIpc) is 2.60. The van der Waals surface area contributed by atoms with Gasteiger partial charge in [0.2, 0.25) is 5.91 Å². The van der Waals surface area contributed by atoms with Gasteiger partial charge in [-0.15, -0.1) is 0 Å². The van der Waals surface area contributed by atoms with Crippen LogP contribution in [0.1, 0.15) is 22.8 Å². The van der Waals surface area contributed by atoms with Gasteiger partial charge in [0, 0.05) is 19.2 Å². The van der Waals surface area contributed by atoms with Gasteiger partial charge in [0.1, 0.15) is 5.75 Å². The number of ether oxygens (including phenoxy) is 1. The topological polar surface area (TPSA) is 70.7 Å². The van der Waals surface area contributed by atoms with E-state index in [4.69, 9.17) is 4.74 Å². The molecule has 0 aliphatic carbocycles. The predicted octanol–water partition coefficient (Wildman–Crippen LogP) is 2.40. The first-order valence-corrected chi connectivity index (χ1v) is 8.22. The molecular weight excluding hydrogens is 318 g/mol. The minimum atomic E-state index is -0.181. The van der Waals surface area contributed by atoms with Crippen LogP contribution in [0.25, 0.3) is 0 Å². The number of carbonyl (C=O) groups excluding carboxylic acids is 2. The van der Waals surface area contributed by atoms with Gasteiger partial charge in [0.25, 0.3) is 5.91 Å². The average molecular weight is 339 g/mol. The molecule has 0 saturated carbocycles. The Morgan fingerprint density at radius 2 is 2.00 bits per heavy atom. The predicted molar refractivity (Wildman–Crippen MR) is 97.1 cm³/mol. The van der Waals surface area contributed by atoms with Crippen LogP contribution >= 0.6 is 0 Å². The first kappa shape index (κ1) is 16.8. The largest absolute Gasteiger partial charge is 0.494 e. The maximum Gasteiger partial charge on any atom is 0.251 e. The van der Waals surface area contributed by atoms with E-state index in [2.05, 4.69) is 10.6 Å². The Bertz CT molecular complexity index is 787. The Balaban J connectivity index is 1.65. The zero-order chi connectivity index (χ0) is 17.8. The van der Waals surface area contributed by atoms with Crippen molar-refractivity contribution in [1.82, 2.24) is 5.32 Å². The van der Waals surface area contributed by atoms with Crippen molar-refractivity contribution in [3.8, 4) is 5.75 Å². The standard InChI is InChI=1S/C19H21N3O3/c1-3-25-15-7-4-13(5-8-15)11-20-19(24)14-6-9-17-16(10-14)21-18(23)12-22(17)2/h4-10H,3,11-12H2,1-2H3,(H,20,24)(H,21,23). The maximum absolute atomic E-state index is 12.4. The van der Waals surface area contributed by atoms with Crippen LogP contribution in [0.15, 0.2) is 42.5 Å². The van der Waals surface area contributed by atoms with Gasteiger partial charge in [-0.3, -0.25) is 9.59 Å². The molecule has 1 aliphatic rings. The van der Waals surface area contributed by atoms with Crippen molar-refractivity contribution in [2.45, 2.75) is 13.5 Å². The minimum Gasteiger partial charge on any atom is -0.494 e. The van der Waals surface area contributed by atoms with Gasteiger partial charge in [-0.1, -0.05) is 12.1 Å². The Morgan fingerprint density at radius 1 is 1.24 bits per heavy atom. The summed E-state index contributed by atoms with van der Waals surface area (Å²) in [6.45, 7) is 3.30. The van der Waals surface area contributed by atoms with E-state index in [1.165, 1.54) is 0 Å². The zero-order valence-electron chi connectivity index (χ0n) is 14.3. The highest BCUT2D eigenvalue weighted by molar-refractivity contribution is 6.03. The molecule has 2 aromatic carbocycles. The van der Waals surface area contributed by atoms with Crippen LogP contribution in [-0.2, 0) is 11.3 Å². The third kappa shape index (κ3) is 3.91. The monoisotopic (exact) mass is 339 g/mol. The number of fused-ring (bicyclic) bond motifs is 1. The molecule has 1 heterocycles. The summed E-state index contributed by atoms with van der Waals surface area (Å²) in [6, 6.07) is 12.9. The second kappa shape index (κ2) is 7.25. The number of amides is 2. The summed E-state index contributed by atoms with van der Waals surface area (Å²) in [7, 11) is 1.85. The lowest BCUT2D eigenvalue weighted by Crippen LogP contribution is -2.35. The second-order valence-electron chi connectivity index (χ2n) is 5.90. The van der Waals surface area contributed by atoms with Crippen LogP contribution < -0.4 is 20.3 Å². The van der Waals surface area contributed by atoms with Crippen molar-refractivity contribution in [1.29, 1.82) is 0 Å². The minimum absolute atomic E-state index is 0.0815. The Labute approximate surface area is 146 Å². The number of nitrogens with zero attached hydrogens (tertiary/aromatic N) is 1. The third-order valence-electron chi connectivity index (χ3n) is 4.01. The summed E-state index contributed by atoms with van der Waals surface area (Å²) >= 11 is 0. The quantitative estimate of drug-likeness (QED) is 0.878. The maximum atomic E-state index is 12.4. The van der Waals surface area contributed by atoms with Crippen molar-refractivity contribution < 1.29 is 14.3 Å². The molecule has 0 atom stereocenters. The van der Waals surface area contributed by atoms with Crippen molar-refractivity contribution in [3.05, 3.63) is 53.6 Å². The Kier molecular flexibility index (Phi) is 4.88. The highest BCUT2D eigenvalue weighted by Crippen LogP contribution is 2.29. The molecule has 1 aliphatic heterocycles. The number of likely N-dealkylation sites (N-methyl/N-ethyl adjacent to an activating group) is 1. The second-order valence-corrected chi connectivity index (χ2v) is 5.90. The van der Waals surface area contributed by atoms with Gasteiger partial charge < -0.3 is 20.3 Å². The third-order valence-corrected chi connectivity index (χ3v) is 4.01. The lowest BCUT2D eigenvalue weighted by molar-refractivity contribution is -0.115. The fraction of sp³-hybridized carbons (Fsp3) is 0.263. The van der Waals surface area contributed by atoms with Crippen LogP contribution in [-0.4, -0.2) is 32.0 Å².